The monoisotopic (exact) mass is 488 g/mol. The SMILES string of the molecule is CN(CCCCI)c1c(NC(=O)C2=C/C=C\C=C/C=C\2)cnc2c1NC=CC2. The number of nitrogens with one attached hydrogen (secondary N) is 2. The van der Waals surface area contributed by atoms with Crippen molar-refractivity contribution in [1.29, 1.82) is 0 Å². The first-order valence-corrected chi connectivity index (χ1v) is 11.0. The van der Waals surface area contributed by atoms with E-state index >= 15 is 0 Å². The zero-order valence-corrected chi connectivity index (χ0v) is 18.1. The van der Waals surface area contributed by atoms with Crippen LogP contribution in [0.1, 0.15) is 18.5 Å². The van der Waals surface area contributed by atoms with E-state index < -0.39 is 0 Å². The largest absolute Gasteiger partial charge is 0.371 e. The molecule has 1 aliphatic carbocycles. The number of allylic oxidation sites excluding steroid dienone is 7. The van der Waals surface area contributed by atoms with E-state index in [0.717, 1.165) is 46.6 Å². The number of nitrogens with zero attached hydrogens (tertiary/aromatic N) is 2. The molecule has 1 aromatic heterocycles. The second kappa shape index (κ2) is 10.3. The van der Waals surface area contributed by atoms with Gasteiger partial charge in [0.15, 0.2) is 0 Å². The number of unbranched alkanes of at least 4 members (excludes halogenated alkanes) is 1. The quantitative estimate of drug-likeness (QED) is 0.330. The smallest absolute Gasteiger partial charge is 0.255 e. The summed E-state index contributed by atoms with van der Waals surface area (Å²) in [5, 5.41) is 6.39. The first-order valence-electron chi connectivity index (χ1n) is 9.44. The van der Waals surface area contributed by atoms with E-state index in [4.69, 9.17) is 0 Å². The molecule has 0 bridgehead atoms. The minimum absolute atomic E-state index is 0.147. The van der Waals surface area contributed by atoms with Crippen LogP contribution in [0.25, 0.3) is 0 Å². The van der Waals surface area contributed by atoms with Gasteiger partial charge in [0.2, 0.25) is 0 Å². The van der Waals surface area contributed by atoms with Crippen LogP contribution in [0.4, 0.5) is 17.1 Å². The van der Waals surface area contributed by atoms with Gasteiger partial charge in [0.1, 0.15) is 0 Å². The fourth-order valence-electron chi connectivity index (χ4n) is 3.11. The van der Waals surface area contributed by atoms with Gasteiger partial charge < -0.3 is 15.5 Å². The molecular weight excluding hydrogens is 463 g/mol. The number of alkyl halides is 1. The van der Waals surface area contributed by atoms with Gasteiger partial charge in [0.25, 0.3) is 5.91 Å². The standard InChI is InChI=1S/C22H25IN4O/c1-27(15-8-7-13-23)21-19(16-25-18-12-9-14-24-20(18)21)26-22(28)17-10-5-3-2-4-6-11-17/h2-6,9-11,14,16,24H,7-8,12-13,15H2,1H3,(H,26,28)/b3-2-,4-2?,5-3?,6-4-,10-5-,11-6?,17-10?,17-11+. The Hall–Kier alpha value is -2.35. The highest BCUT2D eigenvalue weighted by Gasteiger charge is 2.20. The van der Waals surface area contributed by atoms with Crippen LogP contribution in [0.15, 0.2) is 66.6 Å². The Morgan fingerprint density at radius 1 is 1.25 bits per heavy atom. The molecule has 0 spiro atoms. The number of pyridine rings is 1. The zero-order valence-electron chi connectivity index (χ0n) is 16.0. The molecule has 0 atom stereocenters. The Morgan fingerprint density at radius 3 is 2.93 bits per heavy atom. The lowest BCUT2D eigenvalue weighted by Gasteiger charge is -2.27. The number of rotatable bonds is 7. The van der Waals surface area contributed by atoms with Gasteiger partial charge in [-0.05, 0) is 35.6 Å². The van der Waals surface area contributed by atoms with Gasteiger partial charge in [-0.1, -0.05) is 59.0 Å². The summed E-state index contributed by atoms with van der Waals surface area (Å²) in [6.07, 6.45) is 21.9. The summed E-state index contributed by atoms with van der Waals surface area (Å²) < 4.78 is 1.15. The molecular formula is C22H25IN4O. The number of fused-ring (bicyclic) bond motifs is 1. The van der Waals surface area contributed by atoms with Gasteiger partial charge >= 0.3 is 0 Å². The maximum absolute atomic E-state index is 12.9. The van der Waals surface area contributed by atoms with Crippen LogP contribution in [0.5, 0.6) is 0 Å². The number of carbonyl (C=O) groups is 1. The topological polar surface area (TPSA) is 57.3 Å². The molecule has 1 aliphatic heterocycles. The van der Waals surface area contributed by atoms with Gasteiger partial charge in [0, 0.05) is 25.6 Å². The minimum Gasteiger partial charge on any atom is -0.371 e. The van der Waals surface area contributed by atoms with Gasteiger partial charge in [-0.3, -0.25) is 9.78 Å². The Balaban J connectivity index is 1.88. The molecule has 1 amide bonds. The summed E-state index contributed by atoms with van der Waals surface area (Å²) in [5.41, 5.74) is 4.28. The number of aromatic nitrogens is 1. The van der Waals surface area contributed by atoms with Crippen LogP contribution in [0, 0.1) is 0 Å². The Labute approximate surface area is 180 Å². The van der Waals surface area contributed by atoms with Crippen molar-refractivity contribution in [3.8, 4) is 0 Å². The number of anilines is 3. The zero-order chi connectivity index (χ0) is 19.8. The fraction of sp³-hybridized carbons (Fsp3) is 0.273. The molecule has 0 saturated heterocycles. The first-order chi connectivity index (χ1) is 13.7. The van der Waals surface area contributed by atoms with Crippen molar-refractivity contribution < 1.29 is 4.79 Å². The van der Waals surface area contributed by atoms with Crippen LogP contribution < -0.4 is 15.5 Å². The summed E-state index contributed by atoms with van der Waals surface area (Å²) in [7, 11) is 2.07. The van der Waals surface area contributed by atoms with Gasteiger partial charge in [-0.25, -0.2) is 0 Å². The number of hydrogen-bond donors (Lipinski definition) is 2. The summed E-state index contributed by atoms with van der Waals surface area (Å²) in [6, 6.07) is 0. The average molecular weight is 488 g/mol. The maximum atomic E-state index is 12.9. The van der Waals surface area contributed by atoms with Crippen LogP contribution in [0.2, 0.25) is 0 Å². The highest BCUT2D eigenvalue weighted by atomic mass is 127. The van der Waals surface area contributed by atoms with Crippen LogP contribution in [0.3, 0.4) is 0 Å². The molecule has 28 heavy (non-hydrogen) atoms. The molecule has 1 aromatic rings. The van der Waals surface area contributed by atoms with Crippen molar-refractivity contribution in [2.45, 2.75) is 19.3 Å². The Kier molecular flexibility index (Phi) is 7.47. The molecule has 0 radical (unpaired) electrons. The summed E-state index contributed by atoms with van der Waals surface area (Å²) in [5.74, 6) is -0.147. The lowest BCUT2D eigenvalue weighted by atomic mass is 10.1. The number of amides is 1. The van der Waals surface area contributed by atoms with E-state index in [1.807, 2.05) is 48.7 Å². The van der Waals surface area contributed by atoms with Crippen molar-refractivity contribution in [3.05, 3.63) is 72.3 Å². The fourth-order valence-corrected chi connectivity index (χ4v) is 3.65. The minimum atomic E-state index is -0.147. The van der Waals surface area contributed by atoms with E-state index in [2.05, 4.69) is 56.2 Å². The third kappa shape index (κ3) is 5.13. The average Bonchev–Trinajstić information content (AvgIpc) is 2.67. The Morgan fingerprint density at radius 2 is 2.07 bits per heavy atom. The van der Waals surface area contributed by atoms with Gasteiger partial charge in [-0.15, -0.1) is 0 Å². The third-order valence-corrected chi connectivity index (χ3v) is 5.31. The van der Waals surface area contributed by atoms with Gasteiger partial charge in [-0.2, -0.15) is 0 Å². The number of halogens is 1. The molecule has 2 heterocycles. The van der Waals surface area contributed by atoms with Crippen molar-refractivity contribution in [1.82, 2.24) is 4.98 Å². The molecule has 5 nitrogen and oxygen atoms in total. The second-order valence-corrected chi connectivity index (χ2v) is 7.69. The molecule has 3 rings (SSSR count). The number of hydrogen-bond acceptors (Lipinski definition) is 4. The van der Waals surface area contributed by atoms with E-state index in [9.17, 15) is 4.79 Å². The maximum Gasteiger partial charge on any atom is 0.255 e. The summed E-state index contributed by atoms with van der Waals surface area (Å²) in [6.45, 7) is 0.920. The van der Waals surface area contributed by atoms with E-state index in [-0.39, 0.29) is 5.91 Å². The molecule has 0 aromatic carbocycles. The highest BCUT2D eigenvalue weighted by Crippen LogP contribution is 2.37. The van der Waals surface area contributed by atoms with Crippen LogP contribution in [-0.4, -0.2) is 28.9 Å². The van der Waals surface area contributed by atoms with Crippen molar-refractivity contribution in [2.75, 3.05) is 33.6 Å². The van der Waals surface area contributed by atoms with Gasteiger partial charge in [0.05, 0.1) is 29.0 Å². The molecule has 0 fully saturated rings. The molecule has 6 heteroatoms. The highest BCUT2D eigenvalue weighted by molar-refractivity contribution is 14.1. The lowest BCUT2D eigenvalue weighted by molar-refractivity contribution is -0.112. The molecule has 2 aliphatic rings. The predicted molar refractivity (Wildman–Crippen MR) is 126 cm³/mol. The summed E-state index contributed by atoms with van der Waals surface area (Å²) in [4.78, 5) is 19.6. The van der Waals surface area contributed by atoms with Crippen molar-refractivity contribution in [2.24, 2.45) is 0 Å². The van der Waals surface area contributed by atoms with Crippen LogP contribution in [-0.2, 0) is 11.2 Å². The van der Waals surface area contributed by atoms with E-state index in [1.54, 1.807) is 6.20 Å². The molecule has 2 N–H and O–H groups in total. The second-order valence-electron chi connectivity index (χ2n) is 6.62. The lowest BCUT2D eigenvalue weighted by Crippen LogP contribution is -2.24. The molecule has 0 unspecified atom stereocenters. The molecule has 146 valence electrons. The predicted octanol–water partition coefficient (Wildman–Crippen LogP) is 4.76. The van der Waals surface area contributed by atoms with E-state index in [1.165, 1.54) is 6.42 Å². The number of carbonyl (C=O) groups excluding carboxylic acids is 1. The van der Waals surface area contributed by atoms with E-state index in [0.29, 0.717) is 5.57 Å². The normalized spacial score (nSPS) is 19.9. The molecule has 0 saturated carbocycles. The van der Waals surface area contributed by atoms with Crippen LogP contribution >= 0.6 is 22.6 Å². The first kappa shape index (κ1) is 20.4. The van der Waals surface area contributed by atoms with Crippen molar-refractivity contribution >= 4 is 45.6 Å². The van der Waals surface area contributed by atoms with Crippen molar-refractivity contribution in [3.63, 3.8) is 0 Å². The third-order valence-electron chi connectivity index (χ3n) is 4.55. The summed E-state index contributed by atoms with van der Waals surface area (Å²) >= 11 is 2.41. The Bertz CT molecular complexity index is 868.